The van der Waals surface area contributed by atoms with Crippen molar-refractivity contribution in [3.05, 3.63) is 33.8 Å². The molecule has 90 valence electrons. The summed E-state index contributed by atoms with van der Waals surface area (Å²) in [7, 11) is 0. The molecular weight excluding hydrogens is 254 g/mol. The summed E-state index contributed by atoms with van der Waals surface area (Å²) in [5.41, 5.74) is 2.72. The van der Waals surface area contributed by atoms with Crippen molar-refractivity contribution in [3.63, 3.8) is 0 Å². The van der Waals surface area contributed by atoms with E-state index < -0.39 is 0 Å². The first-order valence-electron chi connectivity index (χ1n) is 5.39. The molecule has 0 amide bonds. The predicted octanol–water partition coefficient (Wildman–Crippen LogP) is 4.00. The second-order valence-electron chi connectivity index (χ2n) is 3.83. The van der Waals surface area contributed by atoms with Gasteiger partial charge in [0.05, 0.1) is 10.3 Å². The zero-order chi connectivity index (χ0) is 13.0. The highest BCUT2D eigenvalue weighted by atomic mass is 35.5. The van der Waals surface area contributed by atoms with Gasteiger partial charge in [0.15, 0.2) is 5.78 Å². The van der Waals surface area contributed by atoms with Gasteiger partial charge in [-0.3, -0.25) is 4.79 Å². The average molecular weight is 268 g/mol. The van der Waals surface area contributed by atoms with Crippen LogP contribution in [0.15, 0.2) is 12.1 Å². The Kier molecular flexibility index (Phi) is 5.04. The molecule has 0 heterocycles. The van der Waals surface area contributed by atoms with E-state index in [1.165, 1.54) is 0 Å². The van der Waals surface area contributed by atoms with Gasteiger partial charge in [0.25, 0.3) is 0 Å². The van der Waals surface area contributed by atoms with Crippen molar-refractivity contribution < 1.29 is 4.79 Å². The maximum Gasteiger partial charge on any atom is 0.178 e. The van der Waals surface area contributed by atoms with Crippen LogP contribution in [0.3, 0.4) is 0 Å². The Morgan fingerprint density at radius 2 is 2.24 bits per heavy atom. The topological polar surface area (TPSA) is 40.9 Å². The molecule has 0 bridgehead atoms. The molecule has 0 aliphatic carbocycles. The lowest BCUT2D eigenvalue weighted by Gasteiger charge is -2.11. The molecule has 2 nitrogen and oxygen atoms in total. The van der Waals surface area contributed by atoms with Crippen molar-refractivity contribution in [2.45, 2.75) is 32.4 Å². The van der Waals surface area contributed by atoms with Crippen LogP contribution in [-0.2, 0) is 6.42 Å². The highest BCUT2D eigenvalue weighted by Gasteiger charge is 2.19. The van der Waals surface area contributed by atoms with E-state index in [2.05, 4.69) is 0 Å². The first-order valence-corrected chi connectivity index (χ1v) is 6.65. The lowest BCUT2D eigenvalue weighted by atomic mass is 10.00. The van der Waals surface area contributed by atoms with E-state index in [4.69, 9.17) is 16.9 Å². The molecule has 0 aliphatic rings. The molecule has 0 spiro atoms. The van der Waals surface area contributed by atoms with Crippen LogP contribution in [0.1, 0.15) is 35.3 Å². The average Bonchev–Trinajstić information content (AvgIpc) is 2.31. The molecule has 0 saturated heterocycles. The maximum absolute atomic E-state index is 12.1. The quantitative estimate of drug-likeness (QED) is 0.612. The Morgan fingerprint density at radius 1 is 1.59 bits per heavy atom. The monoisotopic (exact) mass is 267 g/mol. The van der Waals surface area contributed by atoms with Crippen LogP contribution in [0.4, 0.5) is 0 Å². The number of benzene rings is 1. The zero-order valence-corrected chi connectivity index (χ0v) is 11.7. The smallest absolute Gasteiger partial charge is 0.178 e. The van der Waals surface area contributed by atoms with E-state index in [-0.39, 0.29) is 11.0 Å². The fourth-order valence-corrected chi connectivity index (χ4v) is 2.32. The number of rotatable bonds is 4. The predicted molar refractivity (Wildman–Crippen MR) is 72.6 cm³/mol. The maximum atomic E-state index is 12.1. The van der Waals surface area contributed by atoms with E-state index in [0.29, 0.717) is 10.6 Å². The first-order chi connectivity index (χ1) is 8.01. The second-order valence-corrected chi connectivity index (χ2v) is 5.36. The highest BCUT2D eigenvalue weighted by molar-refractivity contribution is 8.04. The summed E-state index contributed by atoms with van der Waals surface area (Å²) < 4.78 is 0. The van der Waals surface area contributed by atoms with Crippen LogP contribution in [0.25, 0.3) is 0 Å². The number of halogens is 1. The molecular formula is C13H14ClNOS. The zero-order valence-electron chi connectivity index (χ0n) is 10.1. The van der Waals surface area contributed by atoms with Gasteiger partial charge in [-0.1, -0.05) is 18.5 Å². The SMILES string of the molecule is CCc1cc(Cl)c(C(=O)C(C)SC#N)cc1C. The Balaban J connectivity index is 3.11. The number of carbonyl (C=O) groups excluding carboxylic acids is 1. The fraction of sp³-hybridized carbons (Fsp3) is 0.385. The highest BCUT2D eigenvalue weighted by Crippen LogP contribution is 2.25. The van der Waals surface area contributed by atoms with Gasteiger partial charge in [-0.25, -0.2) is 0 Å². The van der Waals surface area contributed by atoms with Crippen molar-refractivity contribution in [3.8, 4) is 5.40 Å². The molecule has 0 N–H and O–H groups in total. The number of aryl methyl sites for hydroxylation is 2. The summed E-state index contributed by atoms with van der Waals surface area (Å²) in [6, 6.07) is 3.66. The van der Waals surface area contributed by atoms with Crippen LogP contribution in [0.5, 0.6) is 0 Å². The van der Waals surface area contributed by atoms with Gasteiger partial charge in [0.1, 0.15) is 5.40 Å². The Bertz CT molecular complexity index is 479. The summed E-state index contributed by atoms with van der Waals surface area (Å²) in [6.07, 6.45) is 0.891. The summed E-state index contributed by atoms with van der Waals surface area (Å²) >= 11 is 7.06. The number of carbonyl (C=O) groups is 1. The van der Waals surface area contributed by atoms with Gasteiger partial charge in [-0.05, 0) is 55.3 Å². The van der Waals surface area contributed by atoms with Gasteiger partial charge in [-0.15, -0.1) is 0 Å². The van der Waals surface area contributed by atoms with E-state index in [1.807, 2.05) is 31.4 Å². The third-order valence-corrected chi connectivity index (χ3v) is 3.66. The van der Waals surface area contributed by atoms with Gasteiger partial charge >= 0.3 is 0 Å². The van der Waals surface area contributed by atoms with E-state index in [1.54, 1.807) is 6.92 Å². The molecule has 1 unspecified atom stereocenters. The van der Waals surface area contributed by atoms with Gasteiger partial charge in [0, 0.05) is 5.56 Å². The van der Waals surface area contributed by atoms with Crippen molar-refractivity contribution in [1.29, 1.82) is 5.26 Å². The summed E-state index contributed by atoms with van der Waals surface area (Å²) in [5.74, 6) is -0.0905. The van der Waals surface area contributed by atoms with Crippen molar-refractivity contribution >= 4 is 29.1 Å². The minimum atomic E-state index is -0.385. The molecule has 0 aromatic heterocycles. The number of hydrogen-bond acceptors (Lipinski definition) is 3. The van der Waals surface area contributed by atoms with Crippen LogP contribution >= 0.6 is 23.4 Å². The molecule has 1 rings (SSSR count). The van der Waals surface area contributed by atoms with Gasteiger partial charge < -0.3 is 0 Å². The second kappa shape index (κ2) is 6.09. The van der Waals surface area contributed by atoms with Crippen LogP contribution in [-0.4, -0.2) is 11.0 Å². The molecule has 1 atom stereocenters. The number of nitriles is 1. The lowest BCUT2D eigenvalue weighted by Crippen LogP contribution is -2.14. The largest absolute Gasteiger partial charge is 0.293 e. The molecule has 1 aromatic rings. The minimum absolute atomic E-state index is 0.0905. The minimum Gasteiger partial charge on any atom is -0.293 e. The number of hydrogen-bond donors (Lipinski definition) is 0. The van der Waals surface area contributed by atoms with Gasteiger partial charge in [0.2, 0.25) is 0 Å². The first kappa shape index (κ1) is 14.1. The number of Topliss-reactive ketones (excluding diaryl/α,β-unsaturated/α-hetero) is 1. The van der Waals surface area contributed by atoms with Gasteiger partial charge in [-0.2, -0.15) is 5.26 Å². The molecule has 0 saturated carbocycles. The molecule has 0 fully saturated rings. The molecule has 17 heavy (non-hydrogen) atoms. The van der Waals surface area contributed by atoms with E-state index >= 15 is 0 Å². The Labute approximate surface area is 111 Å². The normalized spacial score (nSPS) is 11.9. The third-order valence-electron chi connectivity index (χ3n) is 2.67. The van der Waals surface area contributed by atoms with E-state index in [0.717, 1.165) is 29.3 Å². The summed E-state index contributed by atoms with van der Waals surface area (Å²) in [5, 5.41) is 10.6. The van der Waals surface area contributed by atoms with Crippen LogP contribution < -0.4 is 0 Å². The summed E-state index contributed by atoms with van der Waals surface area (Å²) in [6.45, 7) is 5.73. The number of ketones is 1. The van der Waals surface area contributed by atoms with Crippen LogP contribution in [0.2, 0.25) is 5.02 Å². The molecule has 4 heteroatoms. The summed E-state index contributed by atoms with van der Waals surface area (Å²) in [4.78, 5) is 12.1. The molecule has 0 radical (unpaired) electrons. The standard InChI is InChI=1S/C13H14ClNOS/c1-4-10-6-12(14)11(5-8(10)2)13(16)9(3)17-7-15/h5-6,9H,4H2,1-3H3. The van der Waals surface area contributed by atoms with Crippen LogP contribution in [0, 0.1) is 17.6 Å². The van der Waals surface area contributed by atoms with Crippen molar-refractivity contribution in [1.82, 2.24) is 0 Å². The fourth-order valence-electron chi connectivity index (χ4n) is 1.64. The molecule has 0 aliphatic heterocycles. The number of nitrogens with zero attached hydrogens (tertiary/aromatic N) is 1. The number of thioether (sulfide) groups is 1. The Hall–Kier alpha value is -0.980. The van der Waals surface area contributed by atoms with Crippen molar-refractivity contribution in [2.75, 3.05) is 0 Å². The Morgan fingerprint density at radius 3 is 2.76 bits per heavy atom. The lowest BCUT2D eigenvalue weighted by molar-refractivity contribution is 0.0994. The third kappa shape index (κ3) is 3.24. The molecule has 1 aromatic carbocycles. The number of thiocyanates is 1. The van der Waals surface area contributed by atoms with E-state index in [9.17, 15) is 4.79 Å². The van der Waals surface area contributed by atoms with Crippen molar-refractivity contribution in [2.24, 2.45) is 0 Å².